The van der Waals surface area contributed by atoms with E-state index in [-0.39, 0.29) is 49.1 Å². The zero-order valence-corrected chi connectivity index (χ0v) is 14.2. The second kappa shape index (κ2) is 8.29. The summed E-state index contributed by atoms with van der Waals surface area (Å²) in [6.45, 7) is 7.85. The number of nitrogens with one attached hydrogen (secondary N) is 1. The minimum Gasteiger partial charge on any atom is -0.392 e. The molecule has 3 nitrogen and oxygen atoms in total. The van der Waals surface area contributed by atoms with Gasteiger partial charge < -0.3 is 25.1 Å². The zero-order valence-electron chi connectivity index (χ0n) is 12.7. The molecule has 18 heavy (non-hydrogen) atoms. The van der Waals surface area contributed by atoms with Crippen molar-refractivity contribution in [3.63, 3.8) is 0 Å². The van der Waals surface area contributed by atoms with Crippen LogP contribution < -0.4 is 5.32 Å². The van der Waals surface area contributed by atoms with Crippen molar-refractivity contribution in [1.82, 2.24) is 5.32 Å². The van der Waals surface area contributed by atoms with Crippen LogP contribution in [0.15, 0.2) is 22.3 Å². The van der Waals surface area contributed by atoms with E-state index in [2.05, 4.69) is 19.2 Å². The van der Waals surface area contributed by atoms with Gasteiger partial charge in [-0.3, -0.25) is 5.32 Å². The monoisotopic (exact) mass is 289 g/mol. The van der Waals surface area contributed by atoms with E-state index in [1.165, 1.54) is 11.1 Å². The molecule has 0 saturated carbocycles. The van der Waals surface area contributed by atoms with Crippen molar-refractivity contribution in [3.8, 4) is 0 Å². The first-order valence-electron chi connectivity index (χ1n) is 5.26. The van der Waals surface area contributed by atoms with Gasteiger partial charge in [0, 0.05) is 5.92 Å². The molecule has 0 aromatic rings. The van der Waals surface area contributed by atoms with E-state index < -0.39 is 5.72 Å². The number of hydrogen-bond acceptors (Lipinski definition) is 3. The summed E-state index contributed by atoms with van der Waals surface area (Å²) < 4.78 is 0. The average molecular weight is 289 g/mol. The second-order valence-corrected chi connectivity index (χ2v) is 4.38. The van der Waals surface area contributed by atoms with Crippen LogP contribution in [-0.2, 0) is 21.7 Å². The fourth-order valence-electron chi connectivity index (χ4n) is 2.38. The molecule has 1 atom stereocenters. The van der Waals surface area contributed by atoms with E-state index in [1.54, 1.807) is 7.05 Å². The van der Waals surface area contributed by atoms with Crippen molar-refractivity contribution in [2.75, 3.05) is 13.7 Å². The number of likely N-dealkylation sites (N-methyl/N-ethyl adjacent to an activating group) is 1. The third kappa shape index (κ3) is 3.55. The van der Waals surface area contributed by atoms with Crippen molar-refractivity contribution in [2.24, 2.45) is 5.92 Å². The Morgan fingerprint density at radius 3 is 1.61 bits per heavy atom. The van der Waals surface area contributed by atoms with Gasteiger partial charge in [-0.2, -0.15) is 0 Å². The van der Waals surface area contributed by atoms with E-state index in [0.29, 0.717) is 0 Å². The maximum Gasteiger partial charge on any atom is 2.00 e. The van der Waals surface area contributed by atoms with Gasteiger partial charge in [0.1, 0.15) is 5.72 Å². The van der Waals surface area contributed by atoms with Crippen molar-refractivity contribution < 1.29 is 31.9 Å². The molecule has 0 aromatic heterocycles. The van der Waals surface area contributed by atoms with Crippen LogP contribution in [0.3, 0.4) is 0 Å². The van der Waals surface area contributed by atoms with Crippen molar-refractivity contribution in [1.29, 1.82) is 0 Å². The number of aliphatic hydroxyl groups is 2. The molecule has 1 aliphatic carbocycles. The Balaban J connectivity index is -0.000000750. The molecule has 104 valence electrons. The number of hydrogen-bond donors (Lipinski definition) is 3. The van der Waals surface area contributed by atoms with E-state index >= 15 is 0 Å². The standard InChI is InChI=1S/C12H21NO2.2CH3.Ti/c1-7-8(2)10(4)11(9(7)3)12(15,6-14)13-5;;;/h11,13-15H,6H2,1-5H3;2*1H3;/q;2*-1;+2. The molecule has 0 aromatic carbocycles. The Hall–Kier alpha value is 0.0743. The smallest absolute Gasteiger partial charge is 0.392 e. The van der Waals surface area contributed by atoms with Crippen LogP contribution in [-0.4, -0.2) is 29.6 Å². The fraction of sp³-hybridized carbons (Fsp3) is 0.571. The number of rotatable bonds is 3. The van der Waals surface area contributed by atoms with Crippen LogP contribution in [0.1, 0.15) is 27.7 Å². The van der Waals surface area contributed by atoms with Crippen molar-refractivity contribution >= 4 is 0 Å². The van der Waals surface area contributed by atoms with Gasteiger partial charge >= 0.3 is 21.7 Å². The first-order valence-corrected chi connectivity index (χ1v) is 5.26. The number of allylic oxidation sites excluding steroid dienone is 2. The summed E-state index contributed by atoms with van der Waals surface area (Å²) in [5.41, 5.74) is 3.47. The molecule has 1 unspecified atom stereocenters. The molecular weight excluding hydrogens is 262 g/mol. The van der Waals surface area contributed by atoms with Crippen LogP contribution in [0.4, 0.5) is 0 Å². The maximum absolute atomic E-state index is 10.3. The molecule has 4 heteroatoms. The number of aliphatic hydroxyl groups excluding tert-OH is 1. The SMILES string of the molecule is CNC(O)(CO)C1C(C)=C(C)C(C)=C1C.[CH3-].[CH3-].[Ti+2]. The quantitative estimate of drug-likeness (QED) is 0.423. The molecule has 0 saturated heterocycles. The summed E-state index contributed by atoms with van der Waals surface area (Å²) in [6.07, 6.45) is 0. The van der Waals surface area contributed by atoms with E-state index in [9.17, 15) is 10.2 Å². The van der Waals surface area contributed by atoms with Crippen LogP contribution >= 0.6 is 0 Å². The first kappa shape index (κ1) is 23.2. The van der Waals surface area contributed by atoms with Gasteiger partial charge in [-0.1, -0.05) is 11.1 Å². The summed E-state index contributed by atoms with van der Waals surface area (Å²) in [7, 11) is 1.67. The topological polar surface area (TPSA) is 52.5 Å². The van der Waals surface area contributed by atoms with E-state index in [0.717, 1.165) is 11.1 Å². The second-order valence-electron chi connectivity index (χ2n) is 4.38. The van der Waals surface area contributed by atoms with Crippen molar-refractivity contribution in [2.45, 2.75) is 33.4 Å². The van der Waals surface area contributed by atoms with Gasteiger partial charge in [0.05, 0.1) is 6.61 Å². The molecule has 0 aliphatic heterocycles. The molecule has 1 rings (SSSR count). The third-order valence-corrected chi connectivity index (χ3v) is 3.76. The average Bonchev–Trinajstić information content (AvgIpc) is 2.43. The Morgan fingerprint density at radius 1 is 1.06 bits per heavy atom. The molecule has 0 heterocycles. The van der Waals surface area contributed by atoms with Crippen LogP contribution in [0, 0.1) is 20.8 Å². The van der Waals surface area contributed by atoms with Crippen LogP contribution in [0.5, 0.6) is 0 Å². The molecule has 0 fully saturated rings. The molecule has 0 bridgehead atoms. The van der Waals surface area contributed by atoms with Gasteiger partial charge in [0.2, 0.25) is 0 Å². The zero-order chi connectivity index (χ0) is 11.8. The largest absolute Gasteiger partial charge is 2.00 e. The summed E-state index contributed by atoms with van der Waals surface area (Å²) >= 11 is 0. The minimum absolute atomic E-state index is 0. The predicted molar refractivity (Wildman–Crippen MR) is 74.2 cm³/mol. The molecule has 3 N–H and O–H groups in total. The van der Waals surface area contributed by atoms with Crippen molar-refractivity contribution in [3.05, 3.63) is 37.1 Å². The summed E-state index contributed by atoms with van der Waals surface area (Å²) in [4.78, 5) is 0. The van der Waals surface area contributed by atoms with Gasteiger partial charge in [0.15, 0.2) is 0 Å². The normalized spacial score (nSPS) is 18.8. The van der Waals surface area contributed by atoms with E-state index in [1.807, 2.05) is 13.8 Å². The van der Waals surface area contributed by atoms with Crippen LogP contribution in [0.2, 0.25) is 0 Å². The Morgan fingerprint density at radius 2 is 1.39 bits per heavy atom. The first-order chi connectivity index (χ1) is 6.89. The summed E-state index contributed by atoms with van der Waals surface area (Å²) in [5.74, 6) is -0.118. The van der Waals surface area contributed by atoms with Crippen LogP contribution in [0.25, 0.3) is 0 Å². The Bertz CT molecular complexity index is 307. The van der Waals surface area contributed by atoms with Gasteiger partial charge in [0.25, 0.3) is 0 Å². The molecular formula is C14H27NO2Ti. The molecule has 0 spiro atoms. The van der Waals surface area contributed by atoms with Gasteiger partial charge in [-0.05, 0) is 45.9 Å². The fourth-order valence-corrected chi connectivity index (χ4v) is 2.38. The summed E-state index contributed by atoms with van der Waals surface area (Å²) in [5, 5.41) is 22.4. The maximum atomic E-state index is 10.3. The molecule has 0 radical (unpaired) electrons. The Kier molecular flexibility index (Phi) is 10.7. The predicted octanol–water partition coefficient (Wildman–Crippen LogP) is 2.09. The molecule has 0 amide bonds. The summed E-state index contributed by atoms with van der Waals surface area (Å²) in [6, 6.07) is 0. The van der Waals surface area contributed by atoms with E-state index in [4.69, 9.17) is 0 Å². The van der Waals surface area contributed by atoms with Gasteiger partial charge in [-0.15, -0.1) is 0 Å². The molecule has 1 aliphatic rings. The minimum atomic E-state index is -1.24. The van der Waals surface area contributed by atoms with Gasteiger partial charge in [-0.25, -0.2) is 0 Å². The Labute approximate surface area is 127 Å². The third-order valence-electron chi connectivity index (χ3n) is 3.76.